The molecule has 1 unspecified atom stereocenters. The number of nitrogens with one attached hydrogen (secondary N) is 1. The van der Waals surface area contributed by atoms with Crippen LogP contribution < -0.4 is 10.1 Å². The summed E-state index contributed by atoms with van der Waals surface area (Å²) in [5.41, 5.74) is 2.65. The molecule has 2 amide bonds. The van der Waals surface area contributed by atoms with Gasteiger partial charge in [0.1, 0.15) is 5.75 Å². The third kappa shape index (κ3) is 4.74. The number of rotatable bonds is 5. The summed E-state index contributed by atoms with van der Waals surface area (Å²) in [6, 6.07) is 19.7. The molecule has 3 aromatic carbocycles. The second-order valence-electron chi connectivity index (χ2n) is 7.56. The highest BCUT2D eigenvalue weighted by Gasteiger charge is 2.30. The highest BCUT2D eigenvalue weighted by atomic mass is 35.5. The van der Waals surface area contributed by atoms with Gasteiger partial charge in [0.15, 0.2) is 6.10 Å². The third-order valence-electron chi connectivity index (χ3n) is 5.34. The van der Waals surface area contributed by atoms with Crippen LogP contribution in [-0.4, -0.2) is 22.8 Å². The predicted molar refractivity (Wildman–Crippen MR) is 126 cm³/mol. The number of ether oxygens (including phenoxy) is 1. The molecule has 0 spiro atoms. The number of nitrogens with zero attached hydrogens (tertiary/aromatic N) is 1. The summed E-state index contributed by atoms with van der Waals surface area (Å²) in [6.45, 7) is 2.62. The van der Waals surface area contributed by atoms with Gasteiger partial charge in [0.2, 0.25) is 0 Å². The van der Waals surface area contributed by atoms with Crippen LogP contribution in [0.5, 0.6) is 5.75 Å². The molecule has 1 N–H and O–H groups in total. The van der Waals surface area contributed by atoms with E-state index in [1.54, 1.807) is 41.3 Å². The number of amides is 2. The highest BCUT2D eigenvalue weighted by molar-refractivity contribution is 6.34. The average Bonchev–Trinajstić information content (AvgIpc) is 2.91. The minimum Gasteiger partial charge on any atom is -0.480 e. The summed E-state index contributed by atoms with van der Waals surface area (Å²) in [7, 11) is 0. The minimum absolute atomic E-state index is 0.0923. The normalized spacial score (nSPS) is 15.5. The summed E-state index contributed by atoms with van der Waals surface area (Å²) < 4.78 is 6.02. The molecule has 4 rings (SSSR count). The standard InChI is InChI=1S/C25H22Cl2N2O3/c1-2-22-25(31)29(14-16-7-3-5-9-20(16)26)15-17-13-18(11-12-23(17)32-22)28-24(30)19-8-4-6-10-21(19)27/h3-13,22H,2,14-15H2,1H3,(H,28,30). The van der Waals surface area contributed by atoms with Gasteiger partial charge in [-0.05, 0) is 48.4 Å². The Hall–Kier alpha value is -3.02. The Kier molecular flexibility index (Phi) is 6.68. The van der Waals surface area contributed by atoms with Crippen molar-refractivity contribution >= 4 is 40.7 Å². The summed E-state index contributed by atoms with van der Waals surface area (Å²) in [5.74, 6) is 0.230. The zero-order valence-corrected chi connectivity index (χ0v) is 19.0. The van der Waals surface area contributed by atoms with E-state index in [4.69, 9.17) is 27.9 Å². The SMILES string of the molecule is CCC1Oc2ccc(NC(=O)c3ccccc3Cl)cc2CN(Cc2ccccc2Cl)C1=O. The van der Waals surface area contributed by atoms with Gasteiger partial charge in [-0.2, -0.15) is 0 Å². The van der Waals surface area contributed by atoms with E-state index in [0.717, 1.165) is 11.1 Å². The topological polar surface area (TPSA) is 58.6 Å². The van der Waals surface area contributed by atoms with Gasteiger partial charge in [0.05, 0.1) is 10.6 Å². The van der Waals surface area contributed by atoms with Crippen LogP contribution in [0.2, 0.25) is 10.0 Å². The molecule has 5 nitrogen and oxygen atoms in total. The Bertz CT molecular complexity index is 1170. The maximum atomic E-state index is 13.1. The number of carbonyl (C=O) groups excluding carboxylic acids is 2. The second kappa shape index (κ2) is 9.63. The van der Waals surface area contributed by atoms with Gasteiger partial charge in [-0.25, -0.2) is 0 Å². The van der Waals surface area contributed by atoms with Gasteiger partial charge < -0.3 is 15.0 Å². The predicted octanol–water partition coefficient (Wildman–Crippen LogP) is 5.95. The van der Waals surface area contributed by atoms with E-state index < -0.39 is 6.10 Å². The Balaban J connectivity index is 1.61. The van der Waals surface area contributed by atoms with Crippen LogP contribution in [-0.2, 0) is 17.9 Å². The zero-order chi connectivity index (χ0) is 22.7. The molecule has 0 aliphatic carbocycles. The highest BCUT2D eigenvalue weighted by Crippen LogP contribution is 2.31. The lowest BCUT2D eigenvalue weighted by Gasteiger charge is -2.23. The molecule has 0 bridgehead atoms. The summed E-state index contributed by atoms with van der Waals surface area (Å²) in [4.78, 5) is 27.5. The van der Waals surface area contributed by atoms with E-state index in [1.165, 1.54) is 0 Å². The Labute approximate surface area is 196 Å². The van der Waals surface area contributed by atoms with E-state index in [0.29, 0.717) is 46.6 Å². The summed E-state index contributed by atoms with van der Waals surface area (Å²) >= 11 is 12.5. The summed E-state index contributed by atoms with van der Waals surface area (Å²) in [6.07, 6.45) is -0.0373. The van der Waals surface area contributed by atoms with Crippen molar-refractivity contribution in [1.29, 1.82) is 0 Å². The van der Waals surface area contributed by atoms with Crippen molar-refractivity contribution in [2.45, 2.75) is 32.5 Å². The number of hydrogen-bond acceptors (Lipinski definition) is 3. The number of anilines is 1. The molecule has 1 atom stereocenters. The van der Waals surface area contributed by atoms with Gasteiger partial charge >= 0.3 is 0 Å². The molecular weight excluding hydrogens is 447 g/mol. The Morgan fingerprint density at radius 2 is 1.78 bits per heavy atom. The van der Waals surface area contributed by atoms with Crippen molar-refractivity contribution in [3.63, 3.8) is 0 Å². The molecule has 1 aliphatic heterocycles. The van der Waals surface area contributed by atoms with E-state index in [9.17, 15) is 9.59 Å². The third-order valence-corrected chi connectivity index (χ3v) is 6.04. The molecule has 1 heterocycles. The molecule has 1 aliphatic rings. The minimum atomic E-state index is -0.581. The number of carbonyl (C=O) groups is 2. The zero-order valence-electron chi connectivity index (χ0n) is 17.5. The lowest BCUT2D eigenvalue weighted by atomic mass is 10.1. The molecule has 0 saturated carbocycles. The van der Waals surface area contributed by atoms with Gasteiger partial charge in [-0.3, -0.25) is 9.59 Å². The summed E-state index contributed by atoms with van der Waals surface area (Å²) in [5, 5.41) is 3.87. The van der Waals surface area contributed by atoms with Crippen LogP contribution in [0.3, 0.4) is 0 Å². The average molecular weight is 469 g/mol. The van der Waals surface area contributed by atoms with Gasteiger partial charge in [0, 0.05) is 29.4 Å². The van der Waals surface area contributed by atoms with Crippen LogP contribution in [0.4, 0.5) is 5.69 Å². The fourth-order valence-corrected chi connectivity index (χ4v) is 4.07. The number of benzene rings is 3. The van der Waals surface area contributed by atoms with Crippen molar-refractivity contribution in [3.8, 4) is 5.75 Å². The lowest BCUT2D eigenvalue weighted by Crippen LogP contribution is -2.38. The van der Waals surface area contributed by atoms with Crippen molar-refractivity contribution < 1.29 is 14.3 Å². The first-order chi connectivity index (χ1) is 15.5. The quantitative estimate of drug-likeness (QED) is 0.503. The first-order valence-electron chi connectivity index (χ1n) is 10.3. The van der Waals surface area contributed by atoms with E-state index in [-0.39, 0.29) is 11.8 Å². The Morgan fingerprint density at radius 3 is 2.50 bits per heavy atom. The van der Waals surface area contributed by atoms with Gasteiger partial charge in [-0.1, -0.05) is 60.5 Å². The van der Waals surface area contributed by atoms with Crippen molar-refractivity contribution in [1.82, 2.24) is 4.90 Å². The van der Waals surface area contributed by atoms with E-state index >= 15 is 0 Å². The fraction of sp³-hybridized carbons (Fsp3) is 0.200. The maximum absolute atomic E-state index is 13.1. The number of hydrogen-bond donors (Lipinski definition) is 1. The van der Waals surface area contributed by atoms with Crippen LogP contribution >= 0.6 is 23.2 Å². The van der Waals surface area contributed by atoms with Crippen LogP contribution in [0.25, 0.3) is 0 Å². The number of halogens is 2. The first-order valence-corrected chi connectivity index (χ1v) is 11.1. The molecule has 3 aromatic rings. The largest absolute Gasteiger partial charge is 0.480 e. The molecular formula is C25H22Cl2N2O3. The Morgan fingerprint density at radius 1 is 1.06 bits per heavy atom. The van der Waals surface area contributed by atoms with Crippen molar-refractivity contribution in [2.75, 3.05) is 5.32 Å². The van der Waals surface area contributed by atoms with Crippen LogP contribution in [0.15, 0.2) is 66.7 Å². The smallest absolute Gasteiger partial charge is 0.264 e. The van der Waals surface area contributed by atoms with Gasteiger partial charge in [0.25, 0.3) is 11.8 Å². The molecule has 32 heavy (non-hydrogen) atoms. The fourth-order valence-electron chi connectivity index (χ4n) is 3.65. The maximum Gasteiger partial charge on any atom is 0.264 e. The van der Waals surface area contributed by atoms with Crippen molar-refractivity contribution in [3.05, 3.63) is 93.5 Å². The van der Waals surface area contributed by atoms with E-state index in [1.807, 2.05) is 37.3 Å². The van der Waals surface area contributed by atoms with Crippen LogP contribution in [0, 0.1) is 0 Å². The molecule has 164 valence electrons. The first kappa shape index (κ1) is 22.2. The number of fused-ring (bicyclic) bond motifs is 1. The van der Waals surface area contributed by atoms with E-state index in [2.05, 4.69) is 5.32 Å². The van der Waals surface area contributed by atoms with Crippen molar-refractivity contribution in [2.24, 2.45) is 0 Å². The van der Waals surface area contributed by atoms with Crippen LogP contribution in [0.1, 0.15) is 34.8 Å². The molecule has 7 heteroatoms. The molecule has 0 radical (unpaired) electrons. The lowest BCUT2D eigenvalue weighted by molar-refractivity contribution is -0.139. The molecule has 0 fully saturated rings. The molecule has 0 saturated heterocycles. The van der Waals surface area contributed by atoms with Gasteiger partial charge in [-0.15, -0.1) is 0 Å². The molecule has 0 aromatic heterocycles. The second-order valence-corrected chi connectivity index (χ2v) is 8.37. The monoisotopic (exact) mass is 468 g/mol.